The van der Waals surface area contributed by atoms with Crippen molar-refractivity contribution in [1.29, 1.82) is 0 Å². The van der Waals surface area contributed by atoms with Crippen LogP contribution in [-0.2, 0) is 11.4 Å². The van der Waals surface area contributed by atoms with Gasteiger partial charge in [0.15, 0.2) is 15.8 Å². The van der Waals surface area contributed by atoms with Crippen LogP contribution < -0.4 is 14.4 Å². The third kappa shape index (κ3) is 5.56. The minimum atomic E-state index is -0.432. The summed E-state index contributed by atoms with van der Waals surface area (Å²) in [5, 5.41) is 0.632. The number of carbonyl (C=O) groups excluding carboxylic acids is 1. The number of nitrogens with zero attached hydrogens (tertiary/aromatic N) is 1. The van der Waals surface area contributed by atoms with E-state index in [0.717, 1.165) is 14.7 Å². The molecule has 4 rings (SSSR count). The Kier molecular flexibility index (Phi) is 8.13. The molecule has 0 aliphatic carbocycles. The monoisotopic (exact) mass is 625 g/mol. The van der Waals surface area contributed by atoms with E-state index < -0.39 is 5.82 Å². The molecule has 3 aromatic carbocycles. The summed E-state index contributed by atoms with van der Waals surface area (Å²) in [4.78, 5) is 14.8. The van der Waals surface area contributed by atoms with Gasteiger partial charge in [-0.05, 0) is 77.6 Å². The molecule has 1 aliphatic rings. The first-order chi connectivity index (χ1) is 16.4. The number of rotatable bonds is 7. The summed E-state index contributed by atoms with van der Waals surface area (Å²) in [6.07, 6.45) is 1.75. The Labute approximate surface area is 225 Å². The van der Waals surface area contributed by atoms with Crippen molar-refractivity contribution < 1.29 is 18.7 Å². The molecule has 4 nitrogen and oxygen atoms in total. The number of ether oxygens (including phenoxy) is 2. The van der Waals surface area contributed by atoms with Crippen LogP contribution in [-0.4, -0.2) is 16.8 Å². The number of thiocarbonyl (C=S) groups is 1. The lowest BCUT2D eigenvalue weighted by molar-refractivity contribution is -0.113. The summed E-state index contributed by atoms with van der Waals surface area (Å²) in [7, 11) is 0. The topological polar surface area (TPSA) is 38.8 Å². The first-order valence-corrected chi connectivity index (χ1v) is 12.9. The Morgan fingerprint density at radius 3 is 2.68 bits per heavy atom. The largest absolute Gasteiger partial charge is 0.490 e. The fourth-order valence-electron chi connectivity index (χ4n) is 3.30. The maximum Gasteiger partial charge on any atom is 0.270 e. The van der Waals surface area contributed by atoms with E-state index in [1.54, 1.807) is 18.2 Å². The van der Waals surface area contributed by atoms with E-state index in [1.165, 1.54) is 28.8 Å². The molecule has 1 fully saturated rings. The van der Waals surface area contributed by atoms with Crippen molar-refractivity contribution in [3.8, 4) is 11.5 Å². The summed E-state index contributed by atoms with van der Waals surface area (Å²) in [6, 6.07) is 17.0. The van der Waals surface area contributed by atoms with Crippen molar-refractivity contribution in [3.63, 3.8) is 0 Å². The quantitative estimate of drug-likeness (QED) is 0.155. The van der Waals surface area contributed by atoms with Crippen LogP contribution in [0.5, 0.6) is 11.5 Å². The molecule has 34 heavy (non-hydrogen) atoms. The van der Waals surface area contributed by atoms with E-state index in [1.807, 2.05) is 43.3 Å². The maximum atomic E-state index is 13.7. The Bertz CT molecular complexity index is 1300. The Morgan fingerprint density at radius 2 is 1.94 bits per heavy atom. The lowest BCUT2D eigenvalue weighted by Gasteiger charge is -2.15. The average Bonchev–Trinajstić information content (AvgIpc) is 3.07. The highest BCUT2D eigenvalue weighted by molar-refractivity contribution is 14.1. The zero-order valence-corrected chi connectivity index (χ0v) is 22.4. The fraction of sp³-hybridized carbons (Fsp3) is 0.120. The molecule has 0 saturated carbocycles. The summed E-state index contributed by atoms with van der Waals surface area (Å²) >= 11 is 15.0. The summed E-state index contributed by atoms with van der Waals surface area (Å²) in [6.45, 7) is 2.63. The number of amides is 1. The van der Waals surface area contributed by atoms with E-state index >= 15 is 0 Å². The van der Waals surface area contributed by atoms with E-state index in [0.29, 0.717) is 44.6 Å². The van der Waals surface area contributed by atoms with Gasteiger partial charge in [0, 0.05) is 10.6 Å². The zero-order chi connectivity index (χ0) is 24.2. The highest BCUT2D eigenvalue weighted by atomic mass is 127. The molecule has 174 valence electrons. The molecule has 1 amide bonds. The Balaban J connectivity index is 1.61. The van der Waals surface area contributed by atoms with Crippen molar-refractivity contribution in [2.75, 3.05) is 11.5 Å². The first-order valence-electron chi connectivity index (χ1n) is 10.2. The van der Waals surface area contributed by atoms with Gasteiger partial charge in [-0.2, -0.15) is 0 Å². The number of hydrogen-bond acceptors (Lipinski definition) is 5. The lowest BCUT2D eigenvalue weighted by Crippen LogP contribution is -2.27. The van der Waals surface area contributed by atoms with Crippen LogP contribution in [0.1, 0.15) is 18.1 Å². The average molecular weight is 626 g/mol. The molecule has 0 unspecified atom stereocenters. The molecular formula is C25H18ClFINO3S2. The second-order valence-corrected chi connectivity index (χ2v) is 10.4. The van der Waals surface area contributed by atoms with Crippen molar-refractivity contribution in [2.45, 2.75) is 13.5 Å². The predicted octanol–water partition coefficient (Wildman–Crippen LogP) is 7.47. The molecule has 0 N–H and O–H groups in total. The van der Waals surface area contributed by atoms with Gasteiger partial charge in [0.2, 0.25) is 0 Å². The maximum absolute atomic E-state index is 13.7. The van der Waals surface area contributed by atoms with Gasteiger partial charge in [0.05, 0.1) is 20.8 Å². The summed E-state index contributed by atoms with van der Waals surface area (Å²) < 4.78 is 26.7. The van der Waals surface area contributed by atoms with Crippen LogP contribution in [0, 0.1) is 9.39 Å². The van der Waals surface area contributed by atoms with Crippen LogP contribution in [0.2, 0.25) is 5.02 Å². The van der Waals surface area contributed by atoms with Gasteiger partial charge < -0.3 is 9.47 Å². The molecule has 0 radical (unpaired) electrons. The van der Waals surface area contributed by atoms with Crippen LogP contribution in [0.15, 0.2) is 65.6 Å². The van der Waals surface area contributed by atoms with Gasteiger partial charge in [-0.3, -0.25) is 9.69 Å². The Hall–Kier alpha value is -2.14. The van der Waals surface area contributed by atoms with E-state index in [4.69, 9.17) is 33.3 Å². The van der Waals surface area contributed by atoms with E-state index in [9.17, 15) is 9.18 Å². The lowest BCUT2D eigenvalue weighted by atomic mass is 10.1. The third-order valence-corrected chi connectivity index (χ3v) is 7.29. The SMILES string of the molecule is CCOc1cc(/C=C2\SC(=S)N(c3cccc(F)c3)C2=O)cc(I)c1OCc1ccccc1Cl. The molecule has 0 spiro atoms. The van der Waals surface area contributed by atoms with Crippen LogP contribution in [0.25, 0.3) is 6.08 Å². The van der Waals surface area contributed by atoms with Gasteiger partial charge in [-0.25, -0.2) is 4.39 Å². The van der Waals surface area contributed by atoms with Gasteiger partial charge in [0.25, 0.3) is 5.91 Å². The molecule has 1 saturated heterocycles. The number of carbonyl (C=O) groups is 1. The number of benzene rings is 3. The molecular weight excluding hydrogens is 608 g/mol. The summed E-state index contributed by atoms with van der Waals surface area (Å²) in [5.41, 5.74) is 2.03. The molecule has 1 aliphatic heterocycles. The standard InChI is InChI=1S/C25H18ClFINO3S2/c1-2-31-21-11-15(10-20(28)23(21)32-14-16-6-3-4-9-19(16)26)12-22-24(30)29(25(33)34-22)18-8-5-7-17(27)13-18/h3-13H,2,14H2,1H3/b22-12-. The molecule has 0 bridgehead atoms. The molecule has 0 aromatic heterocycles. The van der Waals surface area contributed by atoms with Crippen LogP contribution in [0.4, 0.5) is 10.1 Å². The van der Waals surface area contributed by atoms with Crippen molar-refractivity contribution in [3.05, 3.63) is 91.1 Å². The smallest absolute Gasteiger partial charge is 0.270 e. The summed E-state index contributed by atoms with van der Waals surface area (Å²) in [5.74, 6) is 0.437. The predicted molar refractivity (Wildman–Crippen MR) is 148 cm³/mol. The van der Waals surface area contributed by atoms with Crippen LogP contribution in [0.3, 0.4) is 0 Å². The minimum Gasteiger partial charge on any atom is -0.490 e. The van der Waals surface area contributed by atoms with Crippen molar-refractivity contribution in [2.24, 2.45) is 0 Å². The normalized spacial score (nSPS) is 14.7. The second kappa shape index (κ2) is 11.1. The van der Waals surface area contributed by atoms with Gasteiger partial charge in [0.1, 0.15) is 12.4 Å². The Morgan fingerprint density at radius 1 is 1.15 bits per heavy atom. The van der Waals surface area contributed by atoms with E-state index in [2.05, 4.69) is 22.6 Å². The van der Waals surface area contributed by atoms with Crippen LogP contribution >= 0.6 is 58.2 Å². The minimum absolute atomic E-state index is 0.293. The number of halogens is 3. The van der Waals surface area contributed by atoms with E-state index in [-0.39, 0.29) is 5.91 Å². The third-order valence-electron chi connectivity index (χ3n) is 4.82. The molecule has 3 aromatic rings. The van der Waals surface area contributed by atoms with Crippen molar-refractivity contribution >= 4 is 80.2 Å². The number of thioether (sulfide) groups is 1. The number of hydrogen-bond donors (Lipinski definition) is 0. The molecule has 1 heterocycles. The first kappa shape index (κ1) is 25.0. The van der Waals surface area contributed by atoms with Gasteiger partial charge in [-0.1, -0.05) is 59.8 Å². The zero-order valence-electron chi connectivity index (χ0n) is 17.9. The van der Waals surface area contributed by atoms with Gasteiger partial charge >= 0.3 is 0 Å². The second-order valence-electron chi connectivity index (χ2n) is 7.14. The highest BCUT2D eigenvalue weighted by Gasteiger charge is 2.33. The molecule has 9 heteroatoms. The van der Waals surface area contributed by atoms with Gasteiger partial charge in [-0.15, -0.1) is 0 Å². The highest BCUT2D eigenvalue weighted by Crippen LogP contribution is 2.39. The van der Waals surface area contributed by atoms with Crippen molar-refractivity contribution in [1.82, 2.24) is 0 Å². The number of anilines is 1. The fourth-order valence-corrected chi connectivity index (χ4v) is 5.57. The molecule has 0 atom stereocenters.